The molecule has 0 radical (unpaired) electrons. The molecule has 1 unspecified atom stereocenters. The quantitative estimate of drug-likeness (QED) is 0.363. The van der Waals surface area contributed by atoms with E-state index in [-0.39, 0.29) is 15.4 Å². The maximum Gasteiger partial charge on any atom is 0.272 e. The molecule has 0 bridgehead atoms. The maximum absolute atomic E-state index is 11.0. The van der Waals surface area contributed by atoms with E-state index in [1.54, 1.807) is 24.3 Å². The summed E-state index contributed by atoms with van der Waals surface area (Å²) in [5.74, 6) is 0. The molecule has 0 fully saturated rings. The molecule has 0 aliphatic heterocycles. The number of nitrogens with zero attached hydrogens (tertiary/aromatic N) is 1. The van der Waals surface area contributed by atoms with Crippen molar-refractivity contribution >= 4 is 49.1 Å². The van der Waals surface area contributed by atoms with Crippen LogP contribution >= 0.6 is 43.5 Å². The lowest BCUT2D eigenvalue weighted by Gasteiger charge is -2.11. The van der Waals surface area contributed by atoms with Crippen LogP contribution in [0, 0.1) is 10.1 Å². The fourth-order valence-corrected chi connectivity index (χ4v) is 3.03. The Balaban J connectivity index is 2.25. The van der Waals surface area contributed by atoms with E-state index in [4.69, 9.17) is 11.6 Å². The Morgan fingerprint density at radius 3 is 2.60 bits per heavy atom. The van der Waals surface area contributed by atoms with Gasteiger partial charge in [-0.15, -0.1) is 0 Å². The van der Waals surface area contributed by atoms with Crippen LogP contribution in [0.2, 0.25) is 5.02 Å². The number of para-hydroxylation sites is 1. The number of nitro benzene ring substituents is 1. The Hall–Kier alpha value is -0.910. The van der Waals surface area contributed by atoms with Crippen molar-refractivity contribution in [3.8, 4) is 0 Å². The second kappa shape index (κ2) is 6.70. The number of rotatable bonds is 4. The predicted molar refractivity (Wildman–Crippen MR) is 87.6 cm³/mol. The zero-order valence-corrected chi connectivity index (χ0v) is 14.2. The first-order valence-electron chi connectivity index (χ1n) is 5.80. The van der Waals surface area contributed by atoms with Gasteiger partial charge in [-0.05, 0) is 40.0 Å². The topological polar surface area (TPSA) is 43.1 Å². The van der Waals surface area contributed by atoms with E-state index in [2.05, 4.69) is 31.9 Å². The predicted octanol–water partition coefficient (Wildman–Crippen LogP) is 5.69. The van der Waals surface area contributed by atoms with Gasteiger partial charge in [0, 0.05) is 20.9 Å². The second-order valence-electron chi connectivity index (χ2n) is 4.23. The molecule has 0 spiro atoms. The highest BCUT2D eigenvalue weighted by Gasteiger charge is 2.17. The van der Waals surface area contributed by atoms with Crippen LogP contribution in [-0.2, 0) is 6.42 Å². The molecule has 2 aromatic rings. The fraction of sp³-hybridized carbons (Fsp3) is 0.143. The van der Waals surface area contributed by atoms with Crippen LogP contribution in [0.5, 0.6) is 0 Å². The molecule has 0 amide bonds. The Bertz CT molecular complexity index is 649. The van der Waals surface area contributed by atoms with Crippen LogP contribution < -0.4 is 0 Å². The number of alkyl halides is 1. The van der Waals surface area contributed by atoms with Crippen molar-refractivity contribution in [3.63, 3.8) is 0 Å². The van der Waals surface area contributed by atoms with Gasteiger partial charge < -0.3 is 0 Å². The minimum absolute atomic E-state index is 0.0165. The van der Waals surface area contributed by atoms with Crippen molar-refractivity contribution < 1.29 is 4.92 Å². The summed E-state index contributed by atoms with van der Waals surface area (Å²) in [6, 6.07) is 12.4. The summed E-state index contributed by atoms with van der Waals surface area (Å²) in [5.41, 5.74) is 1.86. The van der Waals surface area contributed by atoms with Gasteiger partial charge in [-0.1, -0.05) is 51.8 Å². The average molecular weight is 420 g/mol. The van der Waals surface area contributed by atoms with Crippen molar-refractivity contribution in [1.29, 1.82) is 0 Å². The highest BCUT2D eigenvalue weighted by atomic mass is 79.9. The molecule has 0 aromatic heterocycles. The highest BCUT2D eigenvalue weighted by Crippen LogP contribution is 2.33. The van der Waals surface area contributed by atoms with Gasteiger partial charge in [0.1, 0.15) is 0 Å². The molecule has 1 atom stereocenters. The first-order valence-corrected chi connectivity index (χ1v) is 7.89. The Morgan fingerprint density at radius 2 is 1.95 bits per heavy atom. The third-order valence-electron chi connectivity index (χ3n) is 2.89. The lowest BCUT2D eigenvalue weighted by atomic mass is 10.0. The minimum atomic E-state index is -0.354. The van der Waals surface area contributed by atoms with Crippen molar-refractivity contribution in [2.75, 3.05) is 0 Å². The molecule has 104 valence electrons. The van der Waals surface area contributed by atoms with Crippen molar-refractivity contribution in [2.45, 2.75) is 11.2 Å². The van der Waals surface area contributed by atoms with Crippen LogP contribution in [0.4, 0.5) is 5.69 Å². The van der Waals surface area contributed by atoms with Crippen molar-refractivity contribution in [2.24, 2.45) is 0 Å². The van der Waals surface area contributed by atoms with Gasteiger partial charge in [-0.2, -0.15) is 0 Å². The molecule has 2 rings (SSSR count). The monoisotopic (exact) mass is 417 g/mol. The molecular formula is C14H10Br2ClNO2. The standard InChI is InChI=1S/C14H10Br2ClNO2/c15-11(9-5-6-13(17)12(16)7-9)8-10-3-1-2-4-14(10)18(19)20/h1-7,11H,8H2. The first kappa shape index (κ1) is 15.5. The molecule has 0 saturated carbocycles. The number of benzene rings is 2. The van der Waals surface area contributed by atoms with Crippen molar-refractivity contribution in [1.82, 2.24) is 0 Å². The van der Waals surface area contributed by atoms with E-state index in [0.29, 0.717) is 17.0 Å². The number of halogens is 3. The van der Waals surface area contributed by atoms with E-state index in [9.17, 15) is 10.1 Å². The summed E-state index contributed by atoms with van der Waals surface area (Å²) in [7, 11) is 0. The lowest BCUT2D eigenvalue weighted by molar-refractivity contribution is -0.385. The van der Waals surface area contributed by atoms with Crippen LogP contribution in [0.25, 0.3) is 0 Å². The average Bonchev–Trinajstić information content (AvgIpc) is 2.42. The number of nitro groups is 1. The maximum atomic E-state index is 11.0. The molecule has 20 heavy (non-hydrogen) atoms. The van der Waals surface area contributed by atoms with Gasteiger partial charge in [-0.3, -0.25) is 10.1 Å². The smallest absolute Gasteiger partial charge is 0.258 e. The molecular weight excluding hydrogens is 409 g/mol. The van der Waals surface area contributed by atoms with Crippen LogP contribution in [-0.4, -0.2) is 4.92 Å². The second-order valence-corrected chi connectivity index (χ2v) is 6.60. The number of hydrogen-bond acceptors (Lipinski definition) is 2. The summed E-state index contributed by atoms with van der Waals surface area (Å²) in [6.07, 6.45) is 0.533. The summed E-state index contributed by atoms with van der Waals surface area (Å²) < 4.78 is 0.809. The largest absolute Gasteiger partial charge is 0.272 e. The Labute approximate surface area is 138 Å². The van der Waals surface area contributed by atoms with Gasteiger partial charge in [-0.25, -0.2) is 0 Å². The third-order valence-corrected chi connectivity index (χ3v) is 4.96. The van der Waals surface area contributed by atoms with E-state index in [0.717, 1.165) is 10.0 Å². The summed E-state index contributed by atoms with van der Waals surface area (Å²) in [6.45, 7) is 0. The van der Waals surface area contributed by atoms with Gasteiger partial charge in [0.25, 0.3) is 5.69 Å². The fourth-order valence-electron chi connectivity index (χ4n) is 1.88. The van der Waals surface area contributed by atoms with E-state index in [1.165, 1.54) is 6.07 Å². The minimum Gasteiger partial charge on any atom is -0.258 e. The summed E-state index contributed by atoms with van der Waals surface area (Å²) >= 11 is 12.9. The molecule has 0 N–H and O–H groups in total. The van der Waals surface area contributed by atoms with Gasteiger partial charge in [0.05, 0.1) is 9.95 Å². The molecule has 0 aliphatic carbocycles. The summed E-state index contributed by atoms with van der Waals surface area (Å²) in [5, 5.41) is 11.6. The lowest BCUT2D eigenvalue weighted by Crippen LogP contribution is -2.00. The molecule has 0 aliphatic rings. The van der Waals surface area contributed by atoms with Gasteiger partial charge >= 0.3 is 0 Å². The summed E-state index contributed by atoms with van der Waals surface area (Å²) in [4.78, 5) is 10.6. The van der Waals surface area contributed by atoms with Crippen LogP contribution in [0.3, 0.4) is 0 Å². The van der Waals surface area contributed by atoms with Crippen LogP contribution in [0.15, 0.2) is 46.9 Å². The van der Waals surface area contributed by atoms with Gasteiger partial charge in [0.15, 0.2) is 0 Å². The van der Waals surface area contributed by atoms with E-state index in [1.807, 2.05) is 12.1 Å². The molecule has 0 saturated heterocycles. The highest BCUT2D eigenvalue weighted by molar-refractivity contribution is 9.10. The van der Waals surface area contributed by atoms with Crippen molar-refractivity contribution in [3.05, 3.63) is 73.2 Å². The zero-order chi connectivity index (χ0) is 14.7. The van der Waals surface area contributed by atoms with Crippen LogP contribution in [0.1, 0.15) is 16.0 Å². The van der Waals surface area contributed by atoms with Gasteiger partial charge in [0.2, 0.25) is 0 Å². The number of hydrogen-bond donors (Lipinski definition) is 0. The van der Waals surface area contributed by atoms with E-state index >= 15 is 0 Å². The molecule has 6 heteroatoms. The van der Waals surface area contributed by atoms with E-state index < -0.39 is 0 Å². The first-order chi connectivity index (χ1) is 9.49. The third kappa shape index (κ3) is 3.59. The Morgan fingerprint density at radius 1 is 1.25 bits per heavy atom. The molecule has 0 heterocycles. The SMILES string of the molecule is O=[N+]([O-])c1ccccc1CC(Br)c1ccc(Cl)c(Br)c1. The zero-order valence-electron chi connectivity index (χ0n) is 10.2. The molecule has 2 aromatic carbocycles. The normalized spacial score (nSPS) is 12.2. The Kier molecular flexibility index (Phi) is 5.18. The molecule has 3 nitrogen and oxygen atoms in total.